The van der Waals surface area contributed by atoms with E-state index in [0.29, 0.717) is 16.2 Å². The molecular weight excluding hydrogens is 307 g/mol. The van der Waals surface area contributed by atoms with Crippen LogP contribution in [0.25, 0.3) is 0 Å². The van der Waals surface area contributed by atoms with Gasteiger partial charge in [-0.3, -0.25) is 0 Å². The van der Waals surface area contributed by atoms with Crippen molar-refractivity contribution < 1.29 is 17.7 Å². The van der Waals surface area contributed by atoms with Crippen molar-refractivity contribution in [2.45, 2.75) is 51.6 Å². The van der Waals surface area contributed by atoms with Crippen LogP contribution in [0.15, 0.2) is 12.1 Å². The molecule has 1 heterocycles. The average molecular weight is 327 g/mol. The van der Waals surface area contributed by atoms with Crippen LogP contribution in [0.2, 0.25) is 0 Å². The lowest BCUT2D eigenvalue weighted by Gasteiger charge is -2.29. The van der Waals surface area contributed by atoms with Crippen LogP contribution < -0.4 is 4.72 Å². The highest BCUT2D eigenvalue weighted by atomic mass is 32.2. The molecular formula is C13H20F3NOS2. The predicted molar refractivity (Wildman–Crippen MR) is 77.9 cm³/mol. The standard InChI is InChI=1S/C13H20F3NOS2/c1-8(2)11(17-20(18)12(3,4)5)9-6-7-10(19-9)13(14,15)16/h6-8,11,17H,1-5H3. The molecule has 2 unspecified atom stereocenters. The molecule has 0 fully saturated rings. The van der Waals surface area contributed by atoms with Crippen LogP contribution in [0.3, 0.4) is 0 Å². The summed E-state index contributed by atoms with van der Waals surface area (Å²) in [6.07, 6.45) is -4.33. The van der Waals surface area contributed by atoms with Crippen LogP contribution in [-0.4, -0.2) is 9.30 Å². The second kappa shape index (κ2) is 6.25. The van der Waals surface area contributed by atoms with Gasteiger partial charge in [0.2, 0.25) is 0 Å². The zero-order chi connectivity index (χ0) is 15.7. The maximum absolute atomic E-state index is 12.6. The summed E-state index contributed by atoms with van der Waals surface area (Å²) in [6, 6.07) is 2.19. The van der Waals surface area contributed by atoms with E-state index in [4.69, 9.17) is 0 Å². The number of nitrogens with one attached hydrogen (secondary N) is 1. The van der Waals surface area contributed by atoms with Crippen molar-refractivity contribution in [3.05, 3.63) is 21.9 Å². The third kappa shape index (κ3) is 4.65. The predicted octanol–water partition coefficient (Wildman–Crippen LogP) is 4.52. The first kappa shape index (κ1) is 17.8. The molecule has 0 saturated carbocycles. The van der Waals surface area contributed by atoms with Crippen LogP contribution >= 0.6 is 11.3 Å². The number of halogens is 3. The molecule has 0 aliphatic heterocycles. The lowest BCUT2D eigenvalue weighted by atomic mass is 10.0. The highest BCUT2D eigenvalue weighted by molar-refractivity contribution is 7.90. The minimum atomic E-state index is -4.33. The summed E-state index contributed by atoms with van der Waals surface area (Å²) >= 11 is -0.618. The summed E-state index contributed by atoms with van der Waals surface area (Å²) in [4.78, 5) is -0.0635. The third-order valence-corrected chi connectivity index (χ3v) is 5.46. The van der Waals surface area contributed by atoms with Crippen molar-refractivity contribution in [1.82, 2.24) is 4.72 Å². The molecule has 2 nitrogen and oxygen atoms in total. The maximum atomic E-state index is 12.6. The highest BCUT2D eigenvalue weighted by Gasteiger charge is 2.35. The van der Waals surface area contributed by atoms with E-state index in [9.17, 15) is 17.7 Å². The van der Waals surface area contributed by atoms with E-state index in [1.54, 1.807) is 0 Å². The third-order valence-electron chi connectivity index (χ3n) is 2.67. The number of rotatable bonds is 4. The second-order valence-corrected chi connectivity index (χ2v) is 9.03. The molecule has 0 bridgehead atoms. The topological polar surface area (TPSA) is 35.1 Å². The van der Waals surface area contributed by atoms with Gasteiger partial charge >= 0.3 is 6.18 Å². The molecule has 0 aliphatic carbocycles. The van der Waals surface area contributed by atoms with E-state index < -0.39 is 27.2 Å². The number of thiophene rings is 1. The van der Waals surface area contributed by atoms with Crippen LogP contribution in [0.5, 0.6) is 0 Å². The van der Waals surface area contributed by atoms with Crippen molar-refractivity contribution in [2.75, 3.05) is 0 Å². The molecule has 0 aromatic carbocycles. The Kier molecular flexibility index (Phi) is 5.57. The van der Waals surface area contributed by atoms with Gasteiger partial charge in [-0.2, -0.15) is 13.2 Å². The van der Waals surface area contributed by atoms with E-state index in [1.807, 2.05) is 34.6 Å². The molecule has 0 radical (unpaired) electrons. The van der Waals surface area contributed by atoms with Crippen LogP contribution in [0, 0.1) is 5.92 Å². The van der Waals surface area contributed by atoms with Crippen LogP contribution in [-0.2, 0) is 17.5 Å². The molecule has 0 saturated heterocycles. The second-order valence-electron chi connectivity index (χ2n) is 5.92. The lowest BCUT2D eigenvalue weighted by Crippen LogP contribution is -2.42. The minimum absolute atomic E-state index is 0.0426. The molecule has 2 atom stereocenters. The van der Waals surface area contributed by atoms with Gasteiger partial charge in [-0.15, -0.1) is 16.1 Å². The summed E-state index contributed by atoms with van der Waals surface area (Å²) < 4.78 is 52.6. The van der Waals surface area contributed by atoms with E-state index in [1.165, 1.54) is 6.07 Å². The van der Waals surface area contributed by atoms with Gasteiger partial charge in [0.15, 0.2) is 0 Å². The number of alkyl halides is 3. The maximum Gasteiger partial charge on any atom is 0.425 e. The average Bonchev–Trinajstić information content (AvgIpc) is 2.71. The molecule has 20 heavy (non-hydrogen) atoms. The van der Waals surface area contributed by atoms with Gasteiger partial charge in [0.1, 0.15) is 9.62 Å². The van der Waals surface area contributed by atoms with Crippen molar-refractivity contribution in [3.63, 3.8) is 0 Å². The van der Waals surface area contributed by atoms with Gasteiger partial charge in [0.05, 0.1) is 6.04 Å². The summed E-state index contributed by atoms with van der Waals surface area (Å²) in [5.41, 5.74) is 0. The van der Waals surface area contributed by atoms with E-state index in [2.05, 4.69) is 4.72 Å². The molecule has 0 spiro atoms. The van der Waals surface area contributed by atoms with Crippen LogP contribution in [0.4, 0.5) is 13.2 Å². The fourth-order valence-corrected chi connectivity index (χ4v) is 3.64. The van der Waals surface area contributed by atoms with Gasteiger partial charge < -0.3 is 4.55 Å². The zero-order valence-corrected chi connectivity index (χ0v) is 13.8. The first-order chi connectivity index (χ1) is 8.93. The monoisotopic (exact) mass is 327 g/mol. The number of hydrogen-bond donors (Lipinski definition) is 1. The van der Waals surface area contributed by atoms with Crippen molar-refractivity contribution in [1.29, 1.82) is 0 Å². The van der Waals surface area contributed by atoms with Crippen molar-refractivity contribution >= 4 is 22.7 Å². The first-order valence-corrected chi connectivity index (χ1v) is 8.24. The fourth-order valence-electron chi connectivity index (χ4n) is 1.49. The Labute approximate surface area is 125 Å². The summed E-state index contributed by atoms with van der Waals surface area (Å²) in [6.45, 7) is 9.25. The van der Waals surface area contributed by atoms with Gasteiger partial charge in [-0.1, -0.05) is 13.8 Å². The van der Waals surface area contributed by atoms with E-state index in [-0.39, 0.29) is 12.0 Å². The Balaban J connectivity index is 2.95. The Hall–Kier alpha value is -0.240. The summed E-state index contributed by atoms with van der Waals surface area (Å²) in [7, 11) is 0. The number of hydrogen-bond acceptors (Lipinski definition) is 3. The normalized spacial score (nSPS) is 16.5. The van der Waals surface area contributed by atoms with Gasteiger partial charge in [-0.05, 0) is 38.8 Å². The smallest absolute Gasteiger partial charge is 0.425 e. The van der Waals surface area contributed by atoms with Crippen molar-refractivity contribution in [2.24, 2.45) is 5.92 Å². The van der Waals surface area contributed by atoms with Crippen LogP contribution in [0.1, 0.15) is 50.4 Å². The minimum Gasteiger partial charge on any atom is -0.598 e. The first-order valence-electron chi connectivity index (χ1n) is 6.28. The molecule has 1 aromatic rings. The molecule has 1 N–H and O–H groups in total. The Morgan fingerprint density at radius 1 is 1.20 bits per heavy atom. The highest BCUT2D eigenvalue weighted by Crippen LogP contribution is 2.38. The Morgan fingerprint density at radius 3 is 2.10 bits per heavy atom. The quantitative estimate of drug-likeness (QED) is 0.826. The zero-order valence-electron chi connectivity index (χ0n) is 12.2. The molecule has 116 valence electrons. The fraction of sp³-hybridized carbons (Fsp3) is 0.692. The van der Waals surface area contributed by atoms with Gasteiger partial charge in [0.25, 0.3) is 0 Å². The Morgan fingerprint density at radius 2 is 1.75 bits per heavy atom. The lowest BCUT2D eigenvalue weighted by molar-refractivity contribution is -0.134. The van der Waals surface area contributed by atoms with E-state index >= 15 is 0 Å². The summed E-state index contributed by atoms with van der Waals surface area (Å²) in [5, 5.41) is 0. The molecule has 0 aliphatic rings. The molecule has 7 heteroatoms. The molecule has 1 aromatic heterocycles. The SMILES string of the molecule is CC(C)C(N[S+]([O-])C(C)(C)C)c1ccc(C(F)(F)F)s1. The van der Waals surface area contributed by atoms with Crippen molar-refractivity contribution in [3.8, 4) is 0 Å². The van der Waals surface area contributed by atoms with Gasteiger partial charge in [-0.25, -0.2) is 0 Å². The molecule has 1 rings (SSSR count). The van der Waals surface area contributed by atoms with Gasteiger partial charge in [0, 0.05) is 16.2 Å². The largest absolute Gasteiger partial charge is 0.598 e. The Bertz CT molecular complexity index is 438. The molecule has 0 amide bonds. The summed E-state index contributed by atoms with van der Waals surface area (Å²) in [5.74, 6) is 0.0426. The van der Waals surface area contributed by atoms with E-state index in [0.717, 1.165) is 6.07 Å².